The highest BCUT2D eigenvalue weighted by Crippen LogP contribution is 2.24. The van der Waals surface area contributed by atoms with Gasteiger partial charge in [-0.15, -0.1) is 0 Å². The van der Waals surface area contributed by atoms with Gasteiger partial charge in [-0.1, -0.05) is 0 Å². The average Bonchev–Trinajstić information content (AvgIpc) is 2.73. The van der Waals surface area contributed by atoms with Crippen LogP contribution in [0.15, 0.2) is 12.1 Å². The lowest BCUT2D eigenvalue weighted by Gasteiger charge is -2.16. The molecular formula is C14H17NO3. The van der Waals surface area contributed by atoms with Gasteiger partial charge in [0, 0.05) is 12.0 Å². The van der Waals surface area contributed by atoms with Crippen molar-refractivity contribution in [2.75, 3.05) is 6.61 Å². The summed E-state index contributed by atoms with van der Waals surface area (Å²) >= 11 is 0. The Hall–Kier alpha value is -1.84. The second-order valence-corrected chi connectivity index (χ2v) is 4.72. The summed E-state index contributed by atoms with van der Waals surface area (Å²) in [5.41, 5.74) is 2.55. The fourth-order valence-electron chi connectivity index (χ4n) is 2.27. The van der Waals surface area contributed by atoms with Gasteiger partial charge < -0.3 is 10.1 Å². The molecule has 1 N–H and O–H groups in total. The first kappa shape index (κ1) is 12.6. The third kappa shape index (κ3) is 2.70. The number of aldehydes is 1. The van der Waals surface area contributed by atoms with E-state index < -0.39 is 0 Å². The summed E-state index contributed by atoms with van der Waals surface area (Å²) in [7, 11) is 0. The zero-order chi connectivity index (χ0) is 13.1. The smallest absolute Gasteiger partial charge is 0.220 e. The Bertz CT molecular complexity index is 459. The van der Waals surface area contributed by atoms with Gasteiger partial charge in [0.1, 0.15) is 18.6 Å². The number of ether oxygens (including phenoxy) is 1. The van der Waals surface area contributed by atoms with Crippen molar-refractivity contribution >= 4 is 12.2 Å². The zero-order valence-corrected chi connectivity index (χ0v) is 10.7. The minimum absolute atomic E-state index is 0.0911. The number of hydrogen-bond acceptors (Lipinski definition) is 3. The predicted octanol–water partition coefficient (Wildman–Crippen LogP) is 1.77. The maximum atomic E-state index is 11.1. The van der Waals surface area contributed by atoms with Crippen LogP contribution >= 0.6 is 0 Å². The molecule has 96 valence electrons. The van der Waals surface area contributed by atoms with E-state index in [0.29, 0.717) is 18.6 Å². The van der Waals surface area contributed by atoms with E-state index in [2.05, 4.69) is 5.32 Å². The summed E-state index contributed by atoms with van der Waals surface area (Å²) in [5, 5.41) is 2.87. The molecule has 4 heteroatoms. The Kier molecular flexibility index (Phi) is 3.65. The van der Waals surface area contributed by atoms with Crippen LogP contribution < -0.4 is 10.1 Å². The third-order valence-electron chi connectivity index (χ3n) is 3.13. The summed E-state index contributed by atoms with van der Waals surface area (Å²) in [5.74, 6) is 0.898. The quantitative estimate of drug-likeness (QED) is 0.825. The van der Waals surface area contributed by atoms with Crippen molar-refractivity contribution in [2.45, 2.75) is 32.7 Å². The van der Waals surface area contributed by atoms with Gasteiger partial charge in [0.05, 0.1) is 6.04 Å². The van der Waals surface area contributed by atoms with Crippen molar-refractivity contribution in [1.82, 2.24) is 5.32 Å². The number of carbonyl (C=O) groups excluding carboxylic acids is 2. The monoisotopic (exact) mass is 247 g/mol. The molecule has 0 aliphatic carbocycles. The molecular weight excluding hydrogens is 230 g/mol. The highest BCUT2D eigenvalue weighted by atomic mass is 16.5. The van der Waals surface area contributed by atoms with Gasteiger partial charge in [-0.3, -0.25) is 9.59 Å². The van der Waals surface area contributed by atoms with E-state index in [9.17, 15) is 9.59 Å². The minimum atomic E-state index is 0.0911. The molecule has 1 aromatic carbocycles. The number of nitrogens with one attached hydrogen (secondary N) is 1. The molecule has 0 saturated carbocycles. The summed E-state index contributed by atoms with van der Waals surface area (Å²) in [4.78, 5) is 21.8. The molecule has 1 heterocycles. The van der Waals surface area contributed by atoms with E-state index in [4.69, 9.17) is 4.74 Å². The first-order valence-corrected chi connectivity index (χ1v) is 6.08. The van der Waals surface area contributed by atoms with Crippen molar-refractivity contribution in [3.8, 4) is 5.75 Å². The van der Waals surface area contributed by atoms with E-state index in [-0.39, 0.29) is 11.9 Å². The van der Waals surface area contributed by atoms with Gasteiger partial charge >= 0.3 is 0 Å². The summed E-state index contributed by atoms with van der Waals surface area (Å²) < 4.78 is 5.77. The topological polar surface area (TPSA) is 55.4 Å². The lowest BCUT2D eigenvalue weighted by atomic mass is 10.1. The summed E-state index contributed by atoms with van der Waals surface area (Å²) in [6.45, 7) is 4.32. The van der Waals surface area contributed by atoms with Gasteiger partial charge in [0.2, 0.25) is 5.91 Å². The Morgan fingerprint density at radius 2 is 2.06 bits per heavy atom. The number of hydrogen-bond donors (Lipinski definition) is 1. The highest BCUT2D eigenvalue weighted by Gasteiger charge is 2.21. The second-order valence-electron chi connectivity index (χ2n) is 4.72. The molecule has 0 bridgehead atoms. The molecule has 1 aromatic rings. The van der Waals surface area contributed by atoms with Crippen LogP contribution in [-0.4, -0.2) is 24.8 Å². The molecule has 1 amide bonds. The van der Waals surface area contributed by atoms with E-state index in [1.54, 1.807) is 0 Å². The molecule has 1 saturated heterocycles. The van der Waals surface area contributed by atoms with E-state index in [0.717, 1.165) is 29.6 Å². The van der Waals surface area contributed by atoms with Crippen LogP contribution in [0.4, 0.5) is 0 Å². The Morgan fingerprint density at radius 1 is 1.39 bits per heavy atom. The molecule has 1 aliphatic rings. The molecule has 2 rings (SSSR count). The van der Waals surface area contributed by atoms with Crippen LogP contribution in [0.3, 0.4) is 0 Å². The van der Waals surface area contributed by atoms with Crippen LogP contribution in [-0.2, 0) is 4.79 Å². The van der Waals surface area contributed by atoms with Crippen LogP contribution in [0.1, 0.15) is 34.3 Å². The molecule has 0 radical (unpaired) electrons. The fraction of sp³-hybridized carbons (Fsp3) is 0.429. The van der Waals surface area contributed by atoms with Crippen LogP contribution in [0.2, 0.25) is 0 Å². The molecule has 1 unspecified atom stereocenters. The maximum absolute atomic E-state index is 11.1. The number of aryl methyl sites for hydroxylation is 2. The minimum Gasteiger partial charge on any atom is -0.491 e. The van der Waals surface area contributed by atoms with Gasteiger partial charge in [-0.05, 0) is 43.5 Å². The number of amides is 1. The first-order valence-electron chi connectivity index (χ1n) is 6.08. The summed E-state index contributed by atoms with van der Waals surface area (Å²) in [6, 6.07) is 3.72. The van der Waals surface area contributed by atoms with Crippen molar-refractivity contribution in [3.05, 3.63) is 28.8 Å². The zero-order valence-electron chi connectivity index (χ0n) is 10.7. The summed E-state index contributed by atoms with van der Waals surface area (Å²) in [6.07, 6.45) is 2.24. The van der Waals surface area contributed by atoms with Crippen molar-refractivity contribution in [2.24, 2.45) is 0 Å². The van der Waals surface area contributed by atoms with Crippen molar-refractivity contribution in [1.29, 1.82) is 0 Å². The second kappa shape index (κ2) is 5.21. The Morgan fingerprint density at radius 3 is 2.56 bits per heavy atom. The van der Waals surface area contributed by atoms with Crippen molar-refractivity contribution in [3.63, 3.8) is 0 Å². The van der Waals surface area contributed by atoms with Crippen molar-refractivity contribution < 1.29 is 14.3 Å². The largest absolute Gasteiger partial charge is 0.491 e. The fourth-order valence-corrected chi connectivity index (χ4v) is 2.27. The molecule has 18 heavy (non-hydrogen) atoms. The average molecular weight is 247 g/mol. The molecule has 4 nitrogen and oxygen atoms in total. The van der Waals surface area contributed by atoms with Gasteiger partial charge in [0.25, 0.3) is 0 Å². The van der Waals surface area contributed by atoms with Crippen LogP contribution in [0, 0.1) is 13.8 Å². The van der Waals surface area contributed by atoms with Crippen LogP contribution in [0.25, 0.3) is 0 Å². The van der Waals surface area contributed by atoms with Gasteiger partial charge in [0.15, 0.2) is 0 Å². The lowest BCUT2D eigenvalue weighted by molar-refractivity contribution is -0.119. The number of carbonyl (C=O) groups is 2. The predicted molar refractivity (Wildman–Crippen MR) is 68.0 cm³/mol. The molecule has 0 aromatic heterocycles. The molecule has 1 fully saturated rings. The highest BCUT2D eigenvalue weighted by molar-refractivity contribution is 5.78. The lowest BCUT2D eigenvalue weighted by Crippen LogP contribution is -2.31. The molecule has 1 atom stereocenters. The Labute approximate surface area is 106 Å². The maximum Gasteiger partial charge on any atom is 0.220 e. The van der Waals surface area contributed by atoms with Gasteiger partial charge in [-0.25, -0.2) is 0 Å². The molecule has 1 aliphatic heterocycles. The SMILES string of the molecule is Cc1cc(C=O)cc(C)c1OCC1CCC(=O)N1. The number of rotatable bonds is 4. The normalized spacial score (nSPS) is 18.6. The first-order chi connectivity index (χ1) is 8.60. The van der Waals surface area contributed by atoms with E-state index in [1.165, 1.54) is 0 Å². The van der Waals surface area contributed by atoms with E-state index in [1.807, 2.05) is 26.0 Å². The van der Waals surface area contributed by atoms with E-state index >= 15 is 0 Å². The molecule has 0 spiro atoms. The number of benzene rings is 1. The Balaban J connectivity index is 2.05. The van der Waals surface area contributed by atoms with Gasteiger partial charge in [-0.2, -0.15) is 0 Å². The third-order valence-corrected chi connectivity index (χ3v) is 3.13. The van der Waals surface area contributed by atoms with Crippen LogP contribution in [0.5, 0.6) is 5.75 Å². The standard InChI is InChI=1S/C14H17NO3/c1-9-5-11(7-16)6-10(2)14(9)18-8-12-3-4-13(17)15-12/h5-7,12H,3-4,8H2,1-2H3,(H,15,17).